The van der Waals surface area contributed by atoms with Crippen molar-refractivity contribution in [3.8, 4) is 0 Å². The second kappa shape index (κ2) is 17.2. The minimum atomic E-state index is -1.05. The first-order valence-corrected chi connectivity index (χ1v) is 12.3. The molecule has 2 N–H and O–H groups in total. The van der Waals surface area contributed by atoms with E-state index in [-0.39, 0.29) is 11.0 Å². The Hall–Kier alpha value is -1.46. The summed E-state index contributed by atoms with van der Waals surface area (Å²) < 4.78 is 0.245. The summed E-state index contributed by atoms with van der Waals surface area (Å²) in [7, 11) is 0. The van der Waals surface area contributed by atoms with Crippen molar-refractivity contribution in [2.45, 2.75) is 103 Å². The van der Waals surface area contributed by atoms with Gasteiger partial charge >= 0.3 is 0 Å². The summed E-state index contributed by atoms with van der Waals surface area (Å²) in [5.41, 5.74) is 5.70. The Balaban J connectivity index is 1.97. The van der Waals surface area contributed by atoms with Crippen LogP contribution in [0, 0.1) is 0 Å². The van der Waals surface area contributed by atoms with Crippen LogP contribution < -0.4 is 10.8 Å². The van der Waals surface area contributed by atoms with Gasteiger partial charge in [0.1, 0.15) is 19.3 Å². The molecule has 1 atom stereocenters. The molecule has 0 spiro atoms. The average Bonchev–Trinajstić information content (AvgIpc) is 3.09. The fourth-order valence-electron chi connectivity index (χ4n) is 4.28. The van der Waals surface area contributed by atoms with Gasteiger partial charge in [0, 0.05) is 13.0 Å². The smallest absolute Gasteiger partial charge is 0.207 e. The molecule has 0 fully saturated rings. The van der Waals surface area contributed by atoms with E-state index in [9.17, 15) is 9.90 Å². The molecule has 1 aliphatic heterocycles. The Morgan fingerprint density at radius 3 is 2.00 bits per heavy atom. The summed E-state index contributed by atoms with van der Waals surface area (Å²) in [6.45, 7) is 3.04. The number of carbonyl (C=O) groups excluding carboxylic acids is 1. The Labute approximate surface area is 184 Å². The number of nitrogens with two attached hydrogens (primary N) is 1. The number of allylic oxidation sites excluding steroid dienone is 2. The summed E-state index contributed by atoms with van der Waals surface area (Å²) in [6, 6.07) is 0. The molecule has 5 heteroatoms. The number of carboxylic acid groups (broad SMARTS) is 1. The molecule has 0 amide bonds. The van der Waals surface area contributed by atoms with E-state index >= 15 is 0 Å². The van der Waals surface area contributed by atoms with Crippen LogP contribution in [0.15, 0.2) is 29.5 Å². The highest BCUT2D eigenvalue weighted by molar-refractivity contribution is 5.80. The van der Waals surface area contributed by atoms with E-state index in [0.717, 1.165) is 18.7 Å². The third kappa shape index (κ3) is 11.7. The van der Waals surface area contributed by atoms with Crippen LogP contribution in [0.3, 0.4) is 0 Å². The number of amidine groups is 1. The number of carbonyl (C=O) groups is 1. The molecule has 0 aromatic rings. The van der Waals surface area contributed by atoms with Crippen LogP contribution in [-0.4, -0.2) is 35.9 Å². The molecule has 0 radical (unpaired) electrons. The standard InChI is InChI=1S/C25H45N3O2/c1-2-3-4-5-6-7-8-9-10-11-12-13-14-15-16-17-18-24-27-20-22-28(24,21-19-26)23-25(29)30/h2-3,20,22H,4-19,21,23,26H2,1H3/b3-2+. The second-order valence-corrected chi connectivity index (χ2v) is 8.62. The molecule has 0 aromatic carbocycles. The van der Waals surface area contributed by atoms with Crippen molar-refractivity contribution in [2.24, 2.45) is 10.7 Å². The lowest BCUT2D eigenvalue weighted by molar-refractivity contribution is -0.780. The van der Waals surface area contributed by atoms with Gasteiger partial charge in [-0.25, -0.2) is 9.48 Å². The van der Waals surface area contributed by atoms with Crippen LogP contribution in [-0.2, 0) is 4.79 Å². The molecular weight excluding hydrogens is 374 g/mol. The first-order valence-electron chi connectivity index (χ1n) is 12.3. The van der Waals surface area contributed by atoms with E-state index in [0.29, 0.717) is 13.1 Å². The third-order valence-corrected chi connectivity index (χ3v) is 6.04. The average molecular weight is 420 g/mol. The zero-order valence-electron chi connectivity index (χ0n) is 19.3. The number of unbranched alkanes of at least 4 members (excludes halogenated alkanes) is 13. The lowest BCUT2D eigenvalue weighted by atomic mass is 10.0. The summed E-state index contributed by atoms with van der Waals surface area (Å²) >= 11 is 0. The van der Waals surface area contributed by atoms with Gasteiger partial charge in [-0.05, 0) is 26.2 Å². The van der Waals surface area contributed by atoms with Gasteiger partial charge in [-0.15, -0.1) is 0 Å². The topological polar surface area (TPSA) is 78.5 Å². The highest BCUT2D eigenvalue weighted by Gasteiger charge is 2.34. The van der Waals surface area contributed by atoms with Gasteiger partial charge in [0.25, 0.3) is 0 Å². The highest BCUT2D eigenvalue weighted by Crippen LogP contribution is 2.21. The molecule has 0 saturated heterocycles. The Morgan fingerprint density at radius 1 is 0.967 bits per heavy atom. The maximum Gasteiger partial charge on any atom is 0.207 e. The van der Waals surface area contributed by atoms with Crippen molar-refractivity contribution in [3.63, 3.8) is 0 Å². The van der Waals surface area contributed by atoms with E-state index in [1.54, 1.807) is 6.20 Å². The largest absolute Gasteiger partial charge is 0.544 e. The Morgan fingerprint density at radius 2 is 1.50 bits per heavy atom. The van der Waals surface area contributed by atoms with Crippen LogP contribution in [0.25, 0.3) is 0 Å². The monoisotopic (exact) mass is 419 g/mol. The minimum Gasteiger partial charge on any atom is -0.544 e. The fourth-order valence-corrected chi connectivity index (χ4v) is 4.28. The van der Waals surface area contributed by atoms with Crippen LogP contribution in [0.2, 0.25) is 0 Å². The van der Waals surface area contributed by atoms with Crippen LogP contribution in [0.1, 0.15) is 103 Å². The van der Waals surface area contributed by atoms with E-state index in [1.807, 2.05) is 6.20 Å². The Kier molecular flexibility index (Phi) is 15.3. The second-order valence-electron chi connectivity index (χ2n) is 8.62. The quantitative estimate of drug-likeness (QED) is 0.174. The molecule has 0 bridgehead atoms. The van der Waals surface area contributed by atoms with Crippen LogP contribution in [0.5, 0.6) is 0 Å². The molecule has 172 valence electrons. The number of hydrogen-bond donors (Lipinski definition) is 1. The van der Waals surface area contributed by atoms with Crippen molar-refractivity contribution in [2.75, 3.05) is 19.6 Å². The maximum absolute atomic E-state index is 11.1. The van der Waals surface area contributed by atoms with Crippen LogP contribution >= 0.6 is 0 Å². The molecule has 0 saturated carbocycles. The van der Waals surface area contributed by atoms with Gasteiger partial charge in [-0.2, -0.15) is 0 Å². The number of quaternary nitrogens is 1. The van der Waals surface area contributed by atoms with Gasteiger partial charge < -0.3 is 15.6 Å². The van der Waals surface area contributed by atoms with Gasteiger partial charge in [0.2, 0.25) is 5.84 Å². The Bertz CT molecular complexity index is 543. The van der Waals surface area contributed by atoms with Crippen molar-refractivity contribution < 1.29 is 14.4 Å². The number of aliphatic imine (C=N–C) groups is 1. The van der Waals surface area contributed by atoms with Crippen LogP contribution in [0.4, 0.5) is 0 Å². The molecule has 1 aliphatic rings. The fraction of sp³-hybridized carbons (Fsp3) is 0.760. The molecule has 30 heavy (non-hydrogen) atoms. The zero-order chi connectivity index (χ0) is 21.9. The summed E-state index contributed by atoms with van der Waals surface area (Å²) in [5, 5.41) is 11.1. The minimum absolute atomic E-state index is 0.0667. The lowest BCUT2D eigenvalue weighted by Gasteiger charge is -2.32. The van der Waals surface area contributed by atoms with Gasteiger partial charge in [0.15, 0.2) is 0 Å². The van der Waals surface area contributed by atoms with E-state index in [2.05, 4.69) is 24.1 Å². The highest BCUT2D eigenvalue weighted by atomic mass is 16.4. The normalized spacial score (nSPS) is 18.4. The first kappa shape index (κ1) is 26.6. The van der Waals surface area contributed by atoms with E-state index in [1.165, 1.54) is 83.5 Å². The molecule has 1 heterocycles. The third-order valence-electron chi connectivity index (χ3n) is 6.04. The lowest BCUT2D eigenvalue weighted by Crippen LogP contribution is -2.55. The molecule has 0 aromatic heterocycles. The number of rotatable bonds is 20. The SMILES string of the molecule is C/C=C/CCCCCCCCCCCCCCCC1=NC=C[N+]1(CCN)CC(=O)[O-]. The van der Waals surface area contributed by atoms with Gasteiger partial charge in [-0.3, -0.25) is 0 Å². The predicted molar refractivity (Wildman–Crippen MR) is 125 cm³/mol. The van der Waals surface area contributed by atoms with Crippen molar-refractivity contribution in [1.29, 1.82) is 0 Å². The van der Waals surface area contributed by atoms with E-state index < -0.39 is 5.97 Å². The van der Waals surface area contributed by atoms with Crippen molar-refractivity contribution in [1.82, 2.24) is 0 Å². The van der Waals surface area contributed by atoms with Crippen molar-refractivity contribution >= 4 is 11.8 Å². The first-order chi connectivity index (χ1) is 14.6. The van der Waals surface area contributed by atoms with Crippen molar-refractivity contribution in [3.05, 3.63) is 24.6 Å². The molecular formula is C25H45N3O2. The molecule has 1 unspecified atom stereocenters. The zero-order valence-corrected chi connectivity index (χ0v) is 19.3. The molecule has 5 nitrogen and oxygen atoms in total. The molecule has 0 aliphatic carbocycles. The number of carboxylic acids is 1. The number of hydrogen-bond acceptors (Lipinski definition) is 4. The summed E-state index contributed by atoms with van der Waals surface area (Å²) in [6.07, 6.45) is 27.3. The van der Waals surface area contributed by atoms with Gasteiger partial charge in [0.05, 0.1) is 12.2 Å². The summed E-state index contributed by atoms with van der Waals surface area (Å²) in [5.74, 6) is -0.126. The number of nitrogens with zero attached hydrogens (tertiary/aromatic N) is 2. The van der Waals surface area contributed by atoms with Gasteiger partial charge in [-0.1, -0.05) is 82.8 Å². The van der Waals surface area contributed by atoms with E-state index in [4.69, 9.17) is 5.73 Å². The summed E-state index contributed by atoms with van der Waals surface area (Å²) in [4.78, 5) is 15.6. The number of aliphatic carboxylic acids is 1. The molecule has 1 rings (SSSR count). The predicted octanol–water partition coefficient (Wildman–Crippen LogP) is 4.82. The maximum atomic E-state index is 11.1.